The Balaban J connectivity index is 1.80. The molecular formula is C15H17N5O. The quantitative estimate of drug-likeness (QED) is 0.925. The highest BCUT2D eigenvalue weighted by atomic mass is 16.2. The summed E-state index contributed by atoms with van der Waals surface area (Å²) in [5.41, 5.74) is 1.90. The number of hydrogen-bond acceptors (Lipinski definition) is 5. The van der Waals surface area contributed by atoms with Crippen molar-refractivity contribution < 1.29 is 4.79 Å². The van der Waals surface area contributed by atoms with Gasteiger partial charge in [-0.1, -0.05) is 30.3 Å². The third-order valence-corrected chi connectivity index (χ3v) is 3.51. The van der Waals surface area contributed by atoms with Crippen LogP contribution in [-0.2, 0) is 11.3 Å². The highest BCUT2D eigenvalue weighted by Crippen LogP contribution is 2.29. The lowest BCUT2D eigenvalue weighted by Crippen LogP contribution is -2.42. The molecule has 0 saturated carbocycles. The van der Waals surface area contributed by atoms with Gasteiger partial charge in [0.1, 0.15) is 5.69 Å². The first kappa shape index (κ1) is 13.4. The molecule has 0 saturated heterocycles. The van der Waals surface area contributed by atoms with Crippen molar-refractivity contribution in [3.05, 3.63) is 42.1 Å². The molecule has 0 bridgehead atoms. The van der Waals surface area contributed by atoms with Crippen LogP contribution >= 0.6 is 0 Å². The van der Waals surface area contributed by atoms with Gasteiger partial charge in [-0.05, 0) is 5.56 Å². The van der Waals surface area contributed by atoms with Crippen LogP contribution in [0.2, 0.25) is 0 Å². The summed E-state index contributed by atoms with van der Waals surface area (Å²) in [4.78, 5) is 24.0. The van der Waals surface area contributed by atoms with Gasteiger partial charge in [-0.15, -0.1) is 0 Å². The highest BCUT2D eigenvalue weighted by molar-refractivity contribution is 6.01. The second kappa shape index (κ2) is 5.40. The first-order valence-electron chi connectivity index (χ1n) is 6.77. The van der Waals surface area contributed by atoms with Crippen molar-refractivity contribution in [3.8, 4) is 0 Å². The number of likely N-dealkylation sites (N-methyl/N-ethyl adjacent to an activating group) is 2. The number of aromatic nitrogens is 2. The van der Waals surface area contributed by atoms with E-state index in [4.69, 9.17) is 0 Å². The minimum absolute atomic E-state index is 0.0404. The summed E-state index contributed by atoms with van der Waals surface area (Å²) >= 11 is 0. The Kier molecular flexibility index (Phi) is 3.43. The normalized spacial score (nSPS) is 14.1. The van der Waals surface area contributed by atoms with E-state index in [1.54, 1.807) is 18.1 Å². The average Bonchev–Trinajstić information content (AvgIpc) is 2.51. The van der Waals surface area contributed by atoms with Gasteiger partial charge in [-0.3, -0.25) is 4.79 Å². The SMILES string of the molecule is CN1CC(=O)N(C)c2cnc(NCc3ccccc3)nc21. The topological polar surface area (TPSA) is 61.4 Å². The van der Waals surface area contributed by atoms with Crippen molar-refractivity contribution in [2.75, 3.05) is 35.8 Å². The highest BCUT2D eigenvalue weighted by Gasteiger charge is 2.26. The monoisotopic (exact) mass is 283 g/mol. The van der Waals surface area contributed by atoms with Crippen LogP contribution in [0.4, 0.5) is 17.5 Å². The molecule has 1 aromatic heterocycles. The fraction of sp³-hybridized carbons (Fsp3) is 0.267. The number of anilines is 3. The van der Waals surface area contributed by atoms with Crippen LogP contribution in [0, 0.1) is 0 Å². The number of fused-ring (bicyclic) bond motifs is 1. The standard InChI is InChI=1S/C15H17N5O/c1-19-10-13(21)20(2)12-9-17-15(18-14(12)19)16-8-11-6-4-3-5-7-11/h3-7,9H,8,10H2,1-2H3,(H,16,17,18). The van der Waals surface area contributed by atoms with Gasteiger partial charge >= 0.3 is 0 Å². The van der Waals surface area contributed by atoms with Gasteiger partial charge in [0.15, 0.2) is 5.82 Å². The number of hydrogen-bond donors (Lipinski definition) is 1. The second-order valence-corrected chi connectivity index (χ2v) is 5.05. The Morgan fingerprint density at radius 1 is 1.24 bits per heavy atom. The second-order valence-electron chi connectivity index (χ2n) is 5.05. The van der Waals surface area contributed by atoms with Crippen LogP contribution in [0.3, 0.4) is 0 Å². The van der Waals surface area contributed by atoms with Crippen LogP contribution in [-0.4, -0.2) is 36.5 Å². The maximum absolute atomic E-state index is 11.8. The van der Waals surface area contributed by atoms with Gasteiger partial charge in [0.05, 0.1) is 12.7 Å². The number of amides is 1. The molecule has 21 heavy (non-hydrogen) atoms. The van der Waals surface area contributed by atoms with Crippen LogP contribution in [0.25, 0.3) is 0 Å². The zero-order valence-electron chi connectivity index (χ0n) is 12.1. The zero-order chi connectivity index (χ0) is 14.8. The number of nitrogens with one attached hydrogen (secondary N) is 1. The third kappa shape index (κ3) is 2.65. The molecule has 0 aliphatic carbocycles. The molecule has 3 rings (SSSR count). The predicted octanol–water partition coefficient (Wildman–Crippen LogP) is 1.50. The van der Waals surface area contributed by atoms with Crippen LogP contribution in [0.5, 0.6) is 0 Å². The lowest BCUT2D eigenvalue weighted by atomic mass is 10.2. The number of carbonyl (C=O) groups is 1. The zero-order valence-corrected chi connectivity index (χ0v) is 12.1. The van der Waals surface area contributed by atoms with E-state index < -0.39 is 0 Å². The molecule has 0 spiro atoms. The molecule has 1 aliphatic rings. The van der Waals surface area contributed by atoms with E-state index in [-0.39, 0.29) is 5.91 Å². The van der Waals surface area contributed by atoms with Gasteiger partial charge in [-0.2, -0.15) is 4.98 Å². The molecule has 1 aromatic carbocycles. The molecule has 2 heterocycles. The molecule has 0 unspecified atom stereocenters. The van der Waals surface area contributed by atoms with Crippen molar-refractivity contribution in [1.29, 1.82) is 0 Å². The molecule has 1 N–H and O–H groups in total. The van der Waals surface area contributed by atoms with E-state index in [0.717, 1.165) is 11.5 Å². The smallest absolute Gasteiger partial charge is 0.246 e. The average molecular weight is 283 g/mol. The van der Waals surface area contributed by atoms with E-state index >= 15 is 0 Å². The van der Waals surface area contributed by atoms with Gasteiger partial charge in [-0.25, -0.2) is 4.98 Å². The van der Waals surface area contributed by atoms with Crippen molar-refractivity contribution in [3.63, 3.8) is 0 Å². The third-order valence-electron chi connectivity index (χ3n) is 3.51. The van der Waals surface area contributed by atoms with Gasteiger partial charge in [0, 0.05) is 20.6 Å². The Morgan fingerprint density at radius 2 is 2.00 bits per heavy atom. The molecule has 2 aromatic rings. The summed E-state index contributed by atoms with van der Waals surface area (Å²) in [7, 11) is 3.60. The lowest BCUT2D eigenvalue weighted by Gasteiger charge is -2.31. The van der Waals surface area contributed by atoms with E-state index in [9.17, 15) is 4.79 Å². The molecular weight excluding hydrogens is 266 g/mol. The Hall–Kier alpha value is -2.63. The van der Waals surface area contributed by atoms with E-state index in [2.05, 4.69) is 15.3 Å². The summed E-state index contributed by atoms with van der Waals surface area (Å²) in [6, 6.07) is 10.1. The molecule has 6 nitrogen and oxygen atoms in total. The number of rotatable bonds is 3. The molecule has 1 amide bonds. The Labute approximate surface area is 123 Å². The summed E-state index contributed by atoms with van der Waals surface area (Å²) in [6.07, 6.45) is 1.68. The lowest BCUT2D eigenvalue weighted by molar-refractivity contribution is -0.117. The molecule has 108 valence electrons. The molecule has 0 fully saturated rings. The van der Waals surface area contributed by atoms with Crippen LogP contribution in [0.1, 0.15) is 5.56 Å². The van der Waals surface area contributed by atoms with Gasteiger partial charge in [0.25, 0.3) is 0 Å². The summed E-state index contributed by atoms with van der Waals surface area (Å²) < 4.78 is 0. The fourth-order valence-electron chi connectivity index (χ4n) is 2.26. The van der Waals surface area contributed by atoms with E-state index in [1.807, 2.05) is 42.3 Å². The van der Waals surface area contributed by atoms with Gasteiger partial charge < -0.3 is 15.1 Å². The predicted molar refractivity (Wildman–Crippen MR) is 82.5 cm³/mol. The van der Waals surface area contributed by atoms with Crippen molar-refractivity contribution >= 4 is 23.4 Å². The summed E-state index contributed by atoms with van der Waals surface area (Å²) in [6.45, 7) is 0.997. The molecule has 0 atom stereocenters. The van der Waals surface area contributed by atoms with E-state index in [0.29, 0.717) is 19.0 Å². The first-order valence-corrected chi connectivity index (χ1v) is 6.77. The fourth-order valence-corrected chi connectivity index (χ4v) is 2.26. The first-order chi connectivity index (χ1) is 10.1. The minimum atomic E-state index is 0.0404. The maximum Gasteiger partial charge on any atom is 0.246 e. The number of nitrogens with zero attached hydrogens (tertiary/aromatic N) is 4. The maximum atomic E-state index is 11.8. The van der Waals surface area contributed by atoms with Crippen molar-refractivity contribution in [1.82, 2.24) is 9.97 Å². The largest absolute Gasteiger partial charge is 0.350 e. The minimum Gasteiger partial charge on any atom is -0.350 e. The van der Waals surface area contributed by atoms with Crippen LogP contribution < -0.4 is 15.1 Å². The van der Waals surface area contributed by atoms with Gasteiger partial charge in [0.2, 0.25) is 11.9 Å². The van der Waals surface area contributed by atoms with E-state index in [1.165, 1.54) is 5.56 Å². The van der Waals surface area contributed by atoms with Crippen LogP contribution in [0.15, 0.2) is 36.5 Å². The van der Waals surface area contributed by atoms with Crippen molar-refractivity contribution in [2.24, 2.45) is 0 Å². The molecule has 1 aliphatic heterocycles. The Bertz CT molecular complexity index is 658. The Morgan fingerprint density at radius 3 is 2.76 bits per heavy atom. The number of benzene rings is 1. The van der Waals surface area contributed by atoms with Crippen molar-refractivity contribution in [2.45, 2.75) is 6.54 Å². The number of carbonyl (C=O) groups excluding carboxylic acids is 1. The summed E-state index contributed by atoms with van der Waals surface area (Å²) in [5, 5.41) is 3.21. The molecule has 6 heteroatoms. The molecule has 0 radical (unpaired) electrons. The summed E-state index contributed by atoms with van der Waals surface area (Å²) in [5.74, 6) is 1.37.